The molecule has 1 saturated heterocycles. The third-order valence-electron chi connectivity index (χ3n) is 3.07. The summed E-state index contributed by atoms with van der Waals surface area (Å²) in [6, 6.07) is 4.41. The lowest BCUT2D eigenvalue weighted by Crippen LogP contribution is -2.25. The third-order valence-corrected chi connectivity index (χ3v) is 3.84. The van der Waals surface area contributed by atoms with Crippen molar-refractivity contribution < 1.29 is 9.18 Å². The summed E-state index contributed by atoms with van der Waals surface area (Å²) in [5.74, 6) is -0.263. The number of likely N-dealkylation sites (tertiary alicyclic amines) is 1. The van der Waals surface area contributed by atoms with Gasteiger partial charge in [-0.3, -0.25) is 4.79 Å². The van der Waals surface area contributed by atoms with Crippen LogP contribution in [0, 0.1) is 11.7 Å². The van der Waals surface area contributed by atoms with Gasteiger partial charge in [-0.1, -0.05) is 21.0 Å². The highest BCUT2D eigenvalue weighted by atomic mass is 79.9. The Morgan fingerprint density at radius 1 is 1.58 bits per heavy atom. The molecule has 1 amide bonds. The Labute approximate surface area is 118 Å². The van der Waals surface area contributed by atoms with Gasteiger partial charge in [-0.25, -0.2) is 4.39 Å². The van der Waals surface area contributed by atoms with Crippen molar-refractivity contribution in [1.29, 1.82) is 0 Å². The first-order valence-corrected chi connectivity index (χ1v) is 6.62. The molecule has 1 aromatic rings. The van der Waals surface area contributed by atoms with Gasteiger partial charge in [0.15, 0.2) is 0 Å². The van der Waals surface area contributed by atoms with E-state index in [2.05, 4.69) is 26.0 Å². The minimum atomic E-state index is -0.324. The number of halogens is 2. The average molecular weight is 327 g/mol. The Bertz CT molecular complexity index is 545. The number of azide groups is 1. The molecule has 1 unspecified atom stereocenters. The van der Waals surface area contributed by atoms with Crippen LogP contribution in [0.1, 0.15) is 12.0 Å². The maximum absolute atomic E-state index is 13.2. The molecule has 1 atom stereocenters. The van der Waals surface area contributed by atoms with E-state index in [1.54, 1.807) is 11.0 Å². The Morgan fingerprint density at radius 2 is 2.37 bits per heavy atom. The second-order valence-electron chi connectivity index (χ2n) is 4.49. The maximum atomic E-state index is 13.2. The van der Waals surface area contributed by atoms with E-state index >= 15 is 0 Å². The highest BCUT2D eigenvalue weighted by molar-refractivity contribution is 9.10. The second kappa shape index (κ2) is 6.04. The number of carbonyl (C=O) groups excluding carboxylic acids is 1. The largest absolute Gasteiger partial charge is 0.338 e. The van der Waals surface area contributed by atoms with Crippen LogP contribution in [0.25, 0.3) is 10.4 Å². The Hall–Kier alpha value is -1.59. The van der Waals surface area contributed by atoms with Gasteiger partial charge in [-0.15, -0.1) is 0 Å². The van der Waals surface area contributed by atoms with Crippen molar-refractivity contribution in [3.63, 3.8) is 0 Å². The van der Waals surface area contributed by atoms with E-state index in [0.29, 0.717) is 26.1 Å². The van der Waals surface area contributed by atoms with E-state index in [1.807, 2.05) is 0 Å². The standard InChI is InChI=1S/C12H12BrFN4O/c13-11-2-1-10(14)4-9(11)7-18-6-8(3-12(18)19)5-16-17-15/h1-2,4,8H,3,5-7H2. The lowest BCUT2D eigenvalue weighted by atomic mass is 10.1. The quantitative estimate of drug-likeness (QED) is 0.475. The number of rotatable bonds is 4. The van der Waals surface area contributed by atoms with Crippen molar-refractivity contribution in [2.75, 3.05) is 13.1 Å². The van der Waals surface area contributed by atoms with Crippen molar-refractivity contribution in [2.24, 2.45) is 11.0 Å². The summed E-state index contributed by atoms with van der Waals surface area (Å²) in [5, 5.41) is 3.49. The number of hydrogen-bond acceptors (Lipinski definition) is 2. The maximum Gasteiger partial charge on any atom is 0.223 e. The highest BCUT2D eigenvalue weighted by Gasteiger charge is 2.29. The van der Waals surface area contributed by atoms with Gasteiger partial charge in [0.05, 0.1) is 0 Å². The monoisotopic (exact) mass is 326 g/mol. The summed E-state index contributed by atoms with van der Waals surface area (Å²) in [4.78, 5) is 16.2. The molecule has 0 saturated carbocycles. The predicted octanol–water partition coefficient (Wildman–Crippen LogP) is 3.25. The molecule has 1 aliphatic heterocycles. The third kappa shape index (κ3) is 3.45. The first-order valence-electron chi connectivity index (χ1n) is 5.82. The molecule has 0 bridgehead atoms. The van der Waals surface area contributed by atoms with Gasteiger partial charge in [0.2, 0.25) is 5.91 Å². The van der Waals surface area contributed by atoms with Crippen molar-refractivity contribution in [3.8, 4) is 0 Å². The molecule has 0 radical (unpaired) electrons. The van der Waals surface area contributed by atoms with E-state index in [1.165, 1.54) is 12.1 Å². The molecule has 2 rings (SSSR count). The summed E-state index contributed by atoms with van der Waals surface area (Å²) in [6.45, 7) is 1.23. The molecule has 0 spiro atoms. The predicted molar refractivity (Wildman–Crippen MR) is 71.6 cm³/mol. The molecular weight excluding hydrogens is 315 g/mol. The van der Waals surface area contributed by atoms with Crippen LogP contribution < -0.4 is 0 Å². The van der Waals surface area contributed by atoms with Crippen molar-refractivity contribution in [3.05, 3.63) is 44.5 Å². The average Bonchev–Trinajstić information content (AvgIpc) is 2.72. The van der Waals surface area contributed by atoms with Crippen molar-refractivity contribution in [2.45, 2.75) is 13.0 Å². The minimum absolute atomic E-state index is 0.00861. The number of hydrogen-bond donors (Lipinski definition) is 0. The van der Waals surface area contributed by atoms with Gasteiger partial charge >= 0.3 is 0 Å². The molecule has 1 aromatic carbocycles. The Morgan fingerprint density at radius 3 is 3.11 bits per heavy atom. The molecule has 0 aliphatic carbocycles. The zero-order valence-corrected chi connectivity index (χ0v) is 11.7. The molecule has 100 valence electrons. The SMILES string of the molecule is [N-]=[N+]=NCC1CC(=O)N(Cc2cc(F)ccc2Br)C1. The van der Waals surface area contributed by atoms with Crippen LogP contribution in [0.15, 0.2) is 27.8 Å². The zero-order chi connectivity index (χ0) is 13.8. The fourth-order valence-corrected chi connectivity index (χ4v) is 2.52. The second-order valence-corrected chi connectivity index (χ2v) is 5.35. The molecule has 0 aromatic heterocycles. The van der Waals surface area contributed by atoms with Crippen LogP contribution in [-0.4, -0.2) is 23.9 Å². The lowest BCUT2D eigenvalue weighted by Gasteiger charge is -2.17. The smallest absolute Gasteiger partial charge is 0.223 e. The zero-order valence-electron chi connectivity index (χ0n) is 10.1. The molecule has 1 fully saturated rings. The first-order chi connectivity index (χ1) is 9.10. The summed E-state index contributed by atoms with van der Waals surface area (Å²) < 4.78 is 14.0. The number of benzene rings is 1. The summed E-state index contributed by atoms with van der Waals surface area (Å²) >= 11 is 3.34. The van der Waals surface area contributed by atoms with Gasteiger partial charge < -0.3 is 4.90 Å². The molecule has 7 heteroatoms. The molecule has 1 heterocycles. The number of nitrogens with zero attached hydrogens (tertiary/aromatic N) is 4. The first kappa shape index (κ1) is 13.8. The highest BCUT2D eigenvalue weighted by Crippen LogP contribution is 2.24. The van der Waals surface area contributed by atoms with Crippen LogP contribution >= 0.6 is 15.9 Å². The fraction of sp³-hybridized carbons (Fsp3) is 0.417. The molecule has 1 aliphatic rings. The topological polar surface area (TPSA) is 69.1 Å². The van der Waals surface area contributed by atoms with Crippen molar-refractivity contribution >= 4 is 21.8 Å². The molecule has 19 heavy (non-hydrogen) atoms. The minimum Gasteiger partial charge on any atom is -0.338 e. The van der Waals surface area contributed by atoms with Gasteiger partial charge in [0.25, 0.3) is 0 Å². The van der Waals surface area contributed by atoms with Gasteiger partial charge in [0, 0.05) is 35.4 Å². The summed E-state index contributed by atoms with van der Waals surface area (Å²) in [5.41, 5.74) is 9.01. The van der Waals surface area contributed by atoms with E-state index in [4.69, 9.17) is 5.53 Å². The lowest BCUT2D eigenvalue weighted by molar-refractivity contribution is -0.128. The number of carbonyl (C=O) groups is 1. The molecule has 5 nitrogen and oxygen atoms in total. The van der Waals surface area contributed by atoms with E-state index < -0.39 is 0 Å². The summed E-state index contributed by atoms with van der Waals surface area (Å²) in [6.07, 6.45) is 0.381. The van der Waals surface area contributed by atoms with Gasteiger partial charge in [-0.05, 0) is 35.2 Å². The van der Waals surface area contributed by atoms with Crippen LogP contribution in [0.5, 0.6) is 0 Å². The van der Waals surface area contributed by atoms with E-state index in [9.17, 15) is 9.18 Å². The van der Waals surface area contributed by atoms with Crippen LogP contribution in [0.4, 0.5) is 4.39 Å². The Balaban J connectivity index is 2.05. The Kier molecular flexibility index (Phi) is 4.39. The van der Waals surface area contributed by atoms with E-state index in [-0.39, 0.29) is 17.6 Å². The van der Waals surface area contributed by atoms with Crippen LogP contribution in [0.3, 0.4) is 0 Å². The summed E-state index contributed by atoms with van der Waals surface area (Å²) in [7, 11) is 0. The normalized spacial score (nSPS) is 18.5. The van der Waals surface area contributed by atoms with E-state index in [0.717, 1.165) is 10.0 Å². The van der Waals surface area contributed by atoms with Gasteiger partial charge in [-0.2, -0.15) is 0 Å². The molecule has 0 N–H and O–H groups in total. The van der Waals surface area contributed by atoms with Crippen LogP contribution in [-0.2, 0) is 11.3 Å². The van der Waals surface area contributed by atoms with Crippen molar-refractivity contribution in [1.82, 2.24) is 4.90 Å². The fourth-order valence-electron chi connectivity index (χ4n) is 2.15. The van der Waals surface area contributed by atoms with Gasteiger partial charge in [0.1, 0.15) is 5.82 Å². The van der Waals surface area contributed by atoms with Crippen LogP contribution in [0.2, 0.25) is 0 Å². The molecular formula is C12H12BrFN4O. The number of amides is 1.